The predicted molar refractivity (Wildman–Crippen MR) is 130 cm³/mol. The summed E-state index contributed by atoms with van der Waals surface area (Å²) in [6, 6.07) is 13.0. The summed E-state index contributed by atoms with van der Waals surface area (Å²) in [7, 11) is 0. The number of nitrogens with one attached hydrogen (secondary N) is 3. The number of benzene rings is 2. The van der Waals surface area contributed by atoms with Gasteiger partial charge >= 0.3 is 6.03 Å². The third kappa shape index (κ3) is 6.31. The van der Waals surface area contributed by atoms with Crippen LogP contribution in [-0.2, 0) is 11.2 Å². The molecule has 5 N–H and O–H groups in total. The minimum absolute atomic E-state index is 0.0548. The first-order chi connectivity index (χ1) is 15.9. The lowest BCUT2D eigenvalue weighted by molar-refractivity contribution is -0.123. The summed E-state index contributed by atoms with van der Waals surface area (Å²) >= 11 is 12.0. The molecule has 9 heteroatoms. The van der Waals surface area contributed by atoms with Crippen LogP contribution in [0.1, 0.15) is 31.2 Å². The highest BCUT2D eigenvalue weighted by Crippen LogP contribution is 2.34. The molecule has 4 rings (SSSR count). The molecule has 3 amide bonds. The van der Waals surface area contributed by atoms with E-state index in [1.807, 2.05) is 12.1 Å². The maximum Gasteiger partial charge on any atom is 0.316 e. The Morgan fingerprint density at radius 2 is 1.85 bits per heavy atom. The molecule has 2 aromatic rings. The Morgan fingerprint density at radius 1 is 1.09 bits per heavy atom. The Morgan fingerprint density at radius 3 is 2.61 bits per heavy atom. The molecule has 7 nitrogen and oxygen atoms in total. The van der Waals surface area contributed by atoms with E-state index in [2.05, 4.69) is 28.1 Å². The molecule has 2 aliphatic heterocycles. The first kappa shape index (κ1) is 23.7. The number of carbonyl (C=O) groups is 2. The summed E-state index contributed by atoms with van der Waals surface area (Å²) < 4.78 is 5.73. The normalized spacial score (nSPS) is 23.7. The van der Waals surface area contributed by atoms with Gasteiger partial charge in [0.2, 0.25) is 5.91 Å². The van der Waals surface area contributed by atoms with Gasteiger partial charge < -0.3 is 26.4 Å². The van der Waals surface area contributed by atoms with Gasteiger partial charge in [0, 0.05) is 28.2 Å². The fraction of sp³-hybridized carbons (Fsp3) is 0.417. The quantitative estimate of drug-likeness (QED) is 0.446. The highest BCUT2D eigenvalue weighted by atomic mass is 35.5. The second-order valence-electron chi connectivity index (χ2n) is 8.68. The lowest BCUT2D eigenvalue weighted by Gasteiger charge is -2.38. The summed E-state index contributed by atoms with van der Waals surface area (Å²) in [5.41, 5.74) is 6.79. The molecule has 0 aliphatic carbocycles. The number of primary amides is 1. The largest absolute Gasteiger partial charge is 0.491 e. The van der Waals surface area contributed by atoms with Crippen molar-refractivity contribution >= 4 is 40.8 Å². The van der Waals surface area contributed by atoms with E-state index in [0.29, 0.717) is 34.5 Å². The van der Waals surface area contributed by atoms with Crippen molar-refractivity contribution in [3.05, 3.63) is 58.1 Å². The second kappa shape index (κ2) is 10.6. The van der Waals surface area contributed by atoms with Crippen molar-refractivity contribution in [3.63, 3.8) is 0 Å². The Labute approximate surface area is 203 Å². The van der Waals surface area contributed by atoms with E-state index in [-0.39, 0.29) is 25.0 Å². The van der Waals surface area contributed by atoms with Crippen molar-refractivity contribution in [3.8, 4) is 5.75 Å². The molecule has 2 aliphatic rings. The van der Waals surface area contributed by atoms with Gasteiger partial charge in [-0.2, -0.15) is 0 Å². The fourth-order valence-electron chi connectivity index (χ4n) is 4.87. The molecule has 0 spiro atoms. The van der Waals surface area contributed by atoms with Gasteiger partial charge in [0.1, 0.15) is 5.75 Å². The minimum atomic E-state index is -0.716. The molecule has 0 saturated carbocycles. The van der Waals surface area contributed by atoms with Crippen LogP contribution >= 0.6 is 23.2 Å². The zero-order valence-corrected chi connectivity index (χ0v) is 19.7. The van der Waals surface area contributed by atoms with E-state index < -0.39 is 6.03 Å². The summed E-state index contributed by atoms with van der Waals surface area (Å²) in [6.45, 7) is 0.167. The van der Waals surface area contributed by atoms with Crippen molar-refractivity contribution in [1.29, 1.82) is 0 Å². The van der Waals surface area contributed by atoms with Gasteiger partial charge in [-0.15, -0.1) is 0 Å². The molecule has 2 bridgehead atoms. The number of hydrogen-bond acceptors (Lipinski definition) is 4. The van der Waals surface area contributed by atoms with Crippen molar-refractivity contribution in [2.24, 2.45) is 11.7 Å². The molecule has 4 atom stereocenters. The Hall–Kier alpha value is -2.48. The van der Waals surface area contributed by atoms with E-state index in [1.54, 1.807) is 18.2 Å². The SMILES string of the molecule is NC(=O)Nc1cc(Cl)ccc1OCCC(=O)NC1CC2CCC(N2)C1Cc1ccc(Cl)cc1. The van der Waals surface area contributed by atoms with Crippen LogP contribution in [0.2, 0.25) is 10.0 Å². The van der Waals surface area contributed by atoms with Crippen molar-refractivity contribution < 1.29 is 14.3 Å². The van der Waals surface area contributed by atoms with Gasteiger partial charge in [-0.25, -0.2) is 4.79 Å². The van der Waals surface area contributed by atoms with E-state index >= 15 is 0 Å². The molecular formula is C24H28Cl2N4O3. The number of urea groups is 1. The lowest BCUT2D eigenvalue weighted by Crippen LogP contribution is -2.55. The minimum Gasteiger partial charge on any atom is -0.491 e. The van der Waals surface area contributed by atoms with Gasteiger partial charge in [0.05, 0.1) is 18.7 Å². The third-order valence-electron chi connectivity index (χ3n) is 6.37. The Balaban J connectivity index is 1.34. The molecule has 0 radical (unpaired) electrons. The van der Waals surface area contributed by atoms with E-state index in [0.717, 1.165) is 30.7 Å². The van der Waals surface area contributed by atoms with Crippen LogP contribution < -0.4 is 26.4 Å². The molecule has 2 fully saturated rings. The monoisotopic (exact) mass is 490 g/mol. The second-order valence-corrected chi connectivity index (χ2v) is 9.55. The van der Waals surface area contributed by atoms with E-state index in [4.69, 9.17) is 33.7 Å². The van der Waals surface area contributed by atoms with E-state index in [1.165, 1.54) is 5.56 Å². The number of halogens is 2. The summed E-state index contributed by atoms with van der Waals surface area (Å²) in [4.78, 5) is 24.0. The Bertz CT molecular complexity index is 1000. The maximum absolute atomic E-state index is 12.8. The first-order valence-corrected chi connectivity index (χ1v) is 11.9. The zero-order chi connectivity index (χ0) is 23.4. The third-order valence-corrected chi connectivity index (χ3v) is 6.85. The van der Waals surface area contributed by atoms with Crippen molar-refractivity contribution in [2.45, 2.75) is 50.2 Å². The van der Waals surface area contributed by atoms with Gasteiger partial charge in [-0.05, 0) is 67.5 Å². The fourth-order valence-corrected chi connectivity index (χ4v) is 5.17. The summed E-state index contributed by atoms with van der Waals surface area (Å²) in [5, 5.41) is 10.6. The van der Waals surface area contributed by atoms with Gasteiger partial charge in [-0.1, -0.05) is 35.3 Å². The molecule has 4 unspecified atom stereocenters. The van der Waals surface area contributed by atoms with Crippen LogP contribution in [0.25, 0.3) is 0 Å². The number of rotatable bonds is 8. The topological polar surface area (TPSA) is 105 Å². The number of anilines is 1. The number of amides is 3. The highest BCUT2D eigenvalue weighted by molar-refractivity contribution is 6.31. The van der Waals surface area contributed by atoms with Crippen LogP contribution in [0, 0.1) is 5.92 Å². The average molecular weight is 491 g/mol. The molecule has 0 aromatic heterocycles. The van der Waals surface area contributed by atoms with Gasteiger partial charge in [-0.3, -0.25) is 4.79 Å². The van der Waals surface area contributed by atoms with Gasteiger partial charge in [0.15, 0.2) is 0 Å². The maximum atomic E-state index is 12.8. The van der Waals surface area contributed by atoms with Crippen LogP contribution in [0.15, 0.2) is 42.5 Å². The van der Waals surface area contributed by atoms with Crippen molar-refractivity contribution in [2.75, 3.05) is 11.9 Å². The van der Waals surface area contributed by atoms with Crippen molar-refractivity contribution in [1.82, 2.24) is 10.6 Å². The van der Waals surface area contributed by atoms with Crippen LogP contribution in [-0.4, -0.2) is 36.7 Å². The number of piperidine rings is 1. The molecule has 2 saturated heterocycles. The van der Waals surface area contributed by atoms with Crippen LogP contribution in [0.4, 0.5) is 10.5 Å². The molecule has 2 heterocycles. The molecule has 176 valence electrons. The number of ether oxygens (including phenoxy) is 1. The summed E-state index contributed by atoms with van der Waals surface area (Å²) in [5.74, 6) is 0.671. The Kier molecular flexibility index (Phi) is 7.63. The molecule has 2 aromatic carbocycles. The standard InChI is InChI=1S/C24H28Cl2N4O3/c25-15-3-1-14(2-4-15)11-18-19-7-6-17(28-19)13-20(18)29-23(31)9-10-33-22-8-5-16(26)12-21(22)30-24(27)32/h1-5,8,12,17-20,28H,6-7,9-11,13H2,(H,29,31)(H3,27,30,32). The number of carbonyl (C=O) groups excluding carboxylic acids is 2. The van der Waals surface area contributed by atoms with Crippen LogP contribution in [0.5, 0.6) is 5.75 Å². The first-order valence-electron chi connectivity index (χ1n) is 11.2. The lowest BCUT2D eigenvalue weighted by atomic mass is 9.82. The smallest absolute Gasteiger partial charge is 0.316 e. The average Bonchev–Trinajstić information content (AvgIpc) is 3.16. The molecule has 33 heavy (non-hydrogen) atoms. The highest BCUT2D eigenvalue weighted by Gasteiger charge is 2.41. The van der Waals surface area contributed by atoms with Gasteiger partial charge in [0.25, 0.3) is 0 Å². The predicted octanol–water partition coefficient (Wildman–Crippen LogP) is 4.12. The number of hydrogen-bond donors (Lipinski definition) is 4. The zero-order valence-electron chi connectivity index (χ0n) is 18.2. The van der Waals surface area contributed by atoms with E-state index in [9.17, 15) is 9.59 Å². The summed E-state index contributed by atoms with van der Waals surface area (Å²) in [6.07, 6.45) is 4.28. The molecular weight excluding hydrogens is 463 g/mol. The van der Waals surface area contributed by atoms with Crippen LogP contribution in [0.3, 0.4) is 0 Å². The number of nitrogens with two attached hydrogens (primary N) is 1. The number of fused-ring (bicyclic) bond motifs is 2.